The lowest BCUT2D eigenvalue weighted by Crippen LogP contribution is -2.14. The van der Waals surface area contributed by atoms with Crippen LogP contribution in [0.25, 0.3) is 105 Å². The van der Waals surface area contributed by atoms with E-state index in [1.165, 1.54) is 50.4 Å². The van der Waals surface area contributed by atoms with E-state index in [1.54, 1.807) is 0 Å². The Morgan fingerprint density at radius 3 is 1.98 bits per heavy atom. The smallest absolute Gasteiger partial charge is 0.238 e. The van der Waals surface area contributed by atoms with Crippen molar-refractivity contribution in [3.05, 3.63) is 181 Å². The Hall–Kier alpha value is -7.37. The van der Waals surface area contributed by atoms with E-state index in [0.717, 1.165) is 55.0 Å². The highest BCUT2D eigenvalue weighted by Crippen LogP contribution is 2.53. The molecule has 12 rings (SSSR count). The number of rotatable bonds is 4. The van der Waals surface area contributed by atoms with Crippen molar-refractivity contribution < 1.29 is 4.42 Å². The molecule has 0 N–H and O–H groups in total. The fraction of sp³-hybridized carbons (Fsp3) is 0.109. The van der Waals surface area contributed by atoms with Crippen LogP contribution in [-0.4, -0.2) is 19.5 Å². The van der Waals surface area contributed by atoms with Crippen LogP contribution in [0.4, 0.5) is 0 Å². The first kappa shape index (κ1) is 35.8. The Kier molecular flexibility index (Phi) is 8.28. The van der Waals surface area contributed by atoms with E-state index in [2.05, 4.69) is 166 Å². The summed E-state index contributed by atoms with van der Waals surface area (Å²) in [5.41, 5.74) is 13.0. The second-order valence-electron chi connectivity index (χ2n) is 16.3. The third-order valence-corrected chi connectivity index (χ3v) is 12.1. The molecule has 0 spiro atoms. The van der Waals surface area contributed by atoms with E-state index < -0.39 is 0 Å². The summed E-state index contributed by atoms with van der Waals surface area (Å²) in [6.45, 7) is 8.93. The average molecular weight is 775 g/mol. The van der Waals surface area contributed by atoms with Gasteiger partial charge in [-0.1, -0.05) is 180 Å². The zero-order valence-electron chi connectivity index (χ0n) is 34.1. The van der Waals surface area contributed by atoms with Crippen LogP contribution >= 0.6 is 0 Å². The van der Waals surface area contributed by atoms with Gasteiger partial charge in [0.25, 0.3) is 0 Å². The zero-order chi connectivity index (χ0) is 40.5. The second-order valence-corrected chi connectivity index (χ2v) is 16.3. The number of aromatic nitrogens is 4. The Bertz CT molecular complexity index is 3460. The quantitative estimate of drug-likeness (QED) is 0.179. The molecular weight excluding hydrogens is 733 g/mol. The molecule has 0 atom stereocenters. The lowest BCUT2D eigenvalue weighted by Gasteiger charge is -2.21. The molecule has 0 amide bonds. The summed E-state index contributed by atoms with van der Waals surface area (Å²) in [5, 5.41) is 6.84. The van der Waals surface area contributed by atoms with Crippen LogP contribution in [0.1, 0.15) is 45.2 Å². The summed E-state index contributed by atoms with van der Waals surface area (Å²) >= 11 is 0. The molecule has 0 saturated carbocycles. The minimum atomic E-state index is -0.132. The molecule has 60 heavy (non-hydrogen) atoms. The number of fused-ring (bicyclic) bond motifs is 11. The molecule has 11 aromatic rings. The highest BCUT2D eigenvalue weighted by molar-refractivity contribution is 6.23. The summed E-state index contributed by atoms with van der Waals surface area (Å²) in [6, 6.07) is 60.1. The van der Waals surface area contributed by atoms with Crippen molar-refractivity contribution in [3.8, 4) is 51.0 Å². The minimum Gasteiger partial charge on any atom is -0.456 e. The van der Waals surface area contributed by atoms with Crippen molar-refractivity contribution in [2.45, 2.75) is 39.5 Å². The summed E-state index contributed by atoms with van der Waals surface area (Å²) in [7, 11) is 0. The predicted molar refractivity (Wildman–Crippen MR) is 249 cm³/mol. The lowest BCUT2D eigenvalue weighted by molar-refractivity contribution is 0.660. The number of furan rings is 1. The van der Waals surface area contributed by atoms with Gasteiger partial charge in [-0.3, -0.25) is 4.57 Å². The molecule has 0 bridgehead atoms. The first-order valence-corrected chi connectivity index (χ1v) is 20.9. The molecule has 0 saturated heterocycles. The van der Waals surface area contributed by atoms with Crippen LogP contribution in [0.5, 0.6) is 0 Å². The summed E-state index contributed by atoms with van der Waals surface area (Å²) in [5.74, 6) is 1.73. The molecule has 5 nitrogen and oxygen atoms in total. The van der Waals surface area contributed by atoms with Crippen molar-refractivity contribution in [3.63, 3.8) is 0 Å². The highest BCUT2D eigenvalue weighted by Gasteiger charge is 2.37. The SMILES string of the molecule is CC1(C)c2ccccc2-c2c(-c3cccc4c5c6ccccc6ccc5n(-c5nc(-c6ccccc6)nc(-c6ccc7c(c6)oc6ccccc67)n5)c34)cccc21.CCC. The van der Waals surface area contributed by atoms with Gasteiger partial charge in [0, 0.05) is 43.7 Å². The van der Waals surface area contributed by atoms with Gasteiger partial charge in [0.2, 0.25) is 5.95 Å². The van der Waals surface area contributed by atoms with E-state index in [0.29, 0.717) is 17.6 Å². The van der Waals surface area contributed by atoms with E-state index in [1.807, 2.05) is 36.4 Å². The van der Waals surface area contributed by atoms with Gasteiger partial charge in [0.1, 0.15) is 11.2 Å². The van der Waals surface area contributed by atoms with Gasteiger partial charge >= 0.3 is 0 Å². The van der Waals surface area contributed by atoms with Gasteiger partial charge in [-0.05, 0) is 62.9 Å². The number of benzene rings is 8. The van der Waals surface area contributed by atoms with E-state index in [-0.39, 0.29) is 5.41 Å². The monoisotopic (exact) mass is 774 g/mol. The van der Waals surface area contributed by atoms with Crippen LogP contribution in [0.15, 0.2) is 174 Å². The van der Waals surface area contributed by atoms with Crippen molar-refractivity contribution in [1.29, 1.82) is 0 Å². The standard InChI is InChI=1S/C52H34N4O.C3H8/c1-52(2)41-23-10-8-19-39(41)46-37(20-13-24-42(46)52)38-21-12-22-40-47-34-17-7-6-14-31(34)27-29-43(47)56(48(38)40)51-54-49(32-15-4-3-5-16-32)53-50(55-51)33-26-28-36-35-18-9-11-25-44(35)57-45(36)30-33;1-3-2/h3-30H,1-2H3;3H2,1-2H3. The third-order valence-electron chi connectivity index (χ3n) is 12.1. The largest absolute Gasteiger partial charge is 0.456 e. The van der Waals surface area contributed by atoms with Crippen molar-refractivity contribution >= 4 is 54.5 Å². The first-order valence-electron chi connectivity index (χ1n) is 20.9. The van der Waals surface area contributed by atoms with Crippen molar-refractivity contribution in [2.24, 2.45) is 0 Å². The van der Waals surface area contributed by atoms with Gasteiger partial charge in [0.05, 0.1) is 11.0 Å². The summed E-state index contributed by atoms with van der Waals surface area (Å²) in [6.07, 6.45) is 1.25. The molecule has 8 aromatic carbocycles. The zero-order valence-corrected chi connectivity index (χ0v) is 34.1. The first-order chi connectivity index (χ1) is 29.4. The number of para-hydroxylation sites is 2. The van der Waals surface area contributed by atoms with Crippen LogP contribution in [0, 0.1) is 0 Å². The third kappa shape index (κ3) is 5.42. The van der Waals surface area contributed by atoms with Crippen LogP contribution < -0.4 is 0 Å². The topological polar surface area (TPSA) is 56.7 Å². The van der Waals surface area contributed by atoms with Gasteiger partial charge in [-0.15, -0.1) is 0 Å². The molecule has 3 heterocycles. The van der Waals surface area contributed by atoms with Gasteiger partial charge < -0.3 is 4.42 Å². The maximum atomic E-state index is 6.35. The van der Waals surface area contributed by atoms with Crippen LogP contribution in [0.3, 0.4) is 0 Å². The molecule has 0 unspecified atom stereocenters. The number of hydrogen-bond donors (Lipinski definition) is 0. The van der Waals surface area contributed by atoms with Crippen molar-refractivity contribution in [2.75, 3.05) is 0 Å². The van der Waals surface area contributed by atoms with Crippen LogP contribution in [-0.2, 0) is 5.41 Å². The molecule has 1 aliphatic carbocycles. The highest BCUT2D eigenvalue weighted by atomic mass is 16.3. The molecular formula is C55H42N4O. The Morgan fingerprint density at radius 2 is 1.13 bits per heavy atom. The Balaban J connectivity index is 0.00000132. The Labute approximate surface area is 348 Å². The molecule has 288 valence electrons. The molecule has 5 heteroatoms. The minimum absolute atomic E-state index is 0.132. The summed E-state index contributed by atoms with van der Waals surface area (Å²) in [4.78, 5) is 15.9. The van der Waals surface area contributed by atoms with E-state index >= 15 is 0 Å². The Morgan fingerprint density at radius 1 is 0.500 bits per heavy atom. The molecule has 1 aliphatic rings. The summed E-state index contributed by atoms with van der Waals surface area (Å²) < 4.78 is 8.63. The van der Waals surface area contributed by atoms with E-state index in [9.17, 15) is 0 Å². The molecule has 0 radical (unpaired) electrons. The average Bonchev–Trinajstić information content (AvgIpc) is 3.92. The maximum absolute atomic E-state index is 6.35. The normalized spacial score (nSPS) is 12.9. The van der Waals surface area contributed by atoms with Gasteiger partial charge in [-0.2, -0.15) is 9.97 Å². The molecule has 3 aromatic heterocycles. The predicted octanol–water partition coefficient (Wildman–Crippen LogP) is 14.7. The van der Waals surface area contributed by atoms with E-state index in [4.69, 9.17) is 19.4 Å². The number of nitrogens with zero attached hydrogens (tertiary/aromatic N) is 4. The fourth-order valence-electron chi connectivity index (χ4n) is 9.42. The van der Waals surface area contributed by atoms with Gasteiger partial charge in [-0.25, -0.2) is 4.98 Å². The second kappa shape index (κ2) is 13.9. The van der Waals surface area contributed by atoms with Crippen molar-refractivity contribution in [1.82, 2.24) is 19.5 Å². The van der Waals surface area contributed by atoms with Crippen LogP contribution in [0.2, 0.25) is 0 Å². The number of hydrogen-bond acceptors (Lipinski definition) is 4. The molecule has 0 aliphatic heterocycles. The maximum Gasteiger partial charge on any atom is 0.238 e. The van der Waals surface area contributed by atoms with Gasteiger partial charge in [0.15, 0.2) is 11.6 Å². The fourth-order valence-corrected chi connectivity index (χ4v) is 9.42. The lowest BCUT2D eigenvalue weighted by atomic mass is 9.82. The molecule has 0 fully saturated rings.